The molecule has 0 spiro atoms. The van der Waals surface area contributed by atoms with Gasteiger partial charge in [0.15, 0.2) is 0 Å². The standard InChI is InChI=1S/C23H25F4N3O4S/c1-29(2)35(32,33)28-21-18(30(13-23(21,26)27)22(31)19-9-10-34-19)12-15-6-4-8-17(20(15)25)14-5-3-7-16(24)11-14/h3-8,11,18-19,21,28H,9-10,12-13H2,1-2H3/t18-,19+,21+/m0/s1. The number of carbonyl (C=O) groups is 1. The molecule has 190 valence electrons. The van der Waals surface area contributed by atoms with E-state index in [1.165, 1.54) is 50.5 Å². The van der Waals surface area contributed by atoms with E-state index in [0.717, 1.165) is 15.3 Å². The number of nitrogens with one attached hydrogen (secondary N) is 1. The Kier molecular flexibility index (Phi) is 6.93. The van der Waals surface area contributed by atoms with Crippen molar-refractivity contribution in [3.63, 3.8) is 0 Å². The van der Waals surface area contributed by atoms with E-state index in [2.05, 4.69) is 0 Å². The predicted molar refractivity (Wildman–Crippen MR) is 120 cm³/mol. The smallest absolute Gasteiger partial charge is 0.283 e. The highest BCUT2D eigenvalue weighted by Crippen LogP contribution is 2.37. The molecule has 35 heavy (non-hydrogen) atoms. The first-order valence-corrected chi connectivity index (χ1v) is 12.4. The van der Waals surface area contributed by atoms with E-state index >= 15 is 13.2 Å². The molecule has 1 amide bonds. The molecule has 0 aromatic heterocycles. The molecule has 12 heteroatoms. The molecule has 0 bridgehead atoms. The van der Waals surface area contributed by atoms with E-state index in [-0.39, 0.29) is 16.7 Å². The molecule has 0 aliphatic carbocycles. The van der Waals surface area contributed by atoms with Crippen LogP contribution in [0.4, 0.5) is 17.6 Å². The van der Waals surface area contributed by atoms with Crippen LogP contribution in [0.5, 0.6) is 0 Å². The Morgan fingerprint density at radius 3 is 2.49 bits per heavy atom. The van der Waals surface area contributed by atoms with Crippen molar-refractivity contribution in [2.45, 2.75) is 37.0 Å². The van der Waals surface area contributed by atoms with E-state index in [9.17, 15) is 17.6 Å². The lowest BCUT2D eigenvalue weighted by Crippen LogP contribution is -2.55. The summed E-state index contributed by atoms with van der Waals surface area (Å²) in [6, 6.07) is 6.16. The van der Waals surface area contributed by atoms with Crippen molar-refractivity contribution in [3.05, 3.63) is 59.7 Å². The average molecular weight is 516 g/mol. The molecule has 0 unspecified atom stereocenters. The zero-order valence-corrected chi connectivity index (χ0v) is 19.9. The van der Waals surface area contributed by atoms with E-state index in [0.29, 0.717) is 13.0 Å². The van der Waals surface area contributed by atoms with Crippen molar-refractivity contribution in [1.29, 1.82) is 0 Å². The van der Waals surface area contributed by atoms with Crippen molar-refractivity contribution in [3.8, 4) is 11.1 Å². The number of rotatable bonds is 7. The van der Waals surface area contributed by atoms with Crippen LogP contribution in [0.3, 0.4) is 0 Å². The second-order valence-corrected chi connectivity index (χ2v) is 10.7. The molecule has 2 saturated heterocycles. The minimum atomic E-state index is -4.31. The number of amides is 1. The van der Waals surface area contributed by atoms with Gasteiger partial charge in [-0.1, -0.05) is 30.3 Å². The summed E-state index contributed by atoms with van der Waals surface area (Å²) >= 11 is 0. The zero-order valence-electron chi connectivity index (χ0n) is 19.0. The first kappa shape index (κ1) is 25.5. The van der Waals surface area contributed by atoms with Gasteiger partial charge in [-0.25, -0.2) is 17.6 Å². The minimum Gasteiger partial charge on any atom is -0.368 e. The first-order chi connectivity index (χ1) is 16.4. The Bertz CT molecular complexity index is 1220. The van der Waals surface area contributed by atoms with Gasteiger partial charge in [-0.05, 0) is 29.7 Å². The molecule has 3 atom stereocenters. The van der Waals surface area contributed by atoms with Gasteiger partial charge >= 0.3 is 0 Å². The van der Waals surface area contributed by atoms with Crippen LogP contribution < -0.4 is 4.72 Å². The Morgan fingerprint density at radius 2 is 1.89 bits per heavy atom. The second-order valence-electron chi connectivity index (χ2n) is 8.82. The molecule has 4 rings (SSSR count). The maximum atomic E-state index is 15.5. The number of halogens is 4. The van der Waals surface area contributed by atoms with Gasteiger partial charge in [0.1, 0.15) is 23.8 Å². The van der Waals surface area contributed by atoms with Gasteiger partial charge in [0.2, 0.25) is 0 Å². The number of hydrogen-bond acceptors (Lipinski definition) is 4. The summed E-state index contributed by atoms with van der Waals surface area (Å²) in [5, 5.41) is 0. The van der Waals surface area contributed by atoms with Crippen LogP contribution in [0, 0.1) is 11.6 Å². The lowest BCUT2D eigenvalue weighted by molar-refractivity contribution is -0.158. The molecular weight excluding hydrogens is 490 g/mol. The number of ether oxygens (including phenoxy) is 1. The van der Waals surface area contributed by atoms with Crippen molar-refractivity contribution in [2.24, 2.45) is 0 Å². The molecule has 2 aliphatic heterocycles. The summed E-state index contributed by atoms with van der Waals surface area (Å²) in [4.78, 5) is 13.8. The summed E-state index contributed by atoms with van der Waals surface area (Å²) in [5.74, 6) is -5.66. The number of alkyl halides is 2. The summed E-state index contributed by atoms with van der Waals surface area (Å²) in [6.45, 7) is -0.728. The van der Waals surface area contributed by atoms with E-state index in [1.807, 2.05) is 4.72 Å². The van der Waals surface area contributed by atoms with Gasteiger partial charge in [0.25, 0.3) is 22.0 Å². The lowest BCUT2D eigenvalue weighted by atomic mass is 9.95. The third-order valence-electron chi connectivity index (χ3n) is 6.28. The summed E-state index contributed by atoms with van der Waals surface area (Å²) in [7, 11) is -1.95. The topological polar surface area (TPSA) is 79.0 Å². The fraction of sp³-hybridized carbons (Fsp3) is 0.435. The van der Waals surface area contributed by atoms with E-state index in [1.54, 1.807) is 0 Å². The fourth-order valence-corrected chi connectivity index (χ4v) is 5.12. The summed E-state index contributed by atoms with van der Waals surface area (Å²) in [5.41, 5.74) is 0.287. The van der Waals surface area contributed by atoms with Crippen LogP contribution in [-0.2, 0) is 26.2 Å². The van der Waals surface area contributed by atoms with Crippen LogP contribution in [0.25, 0.3) is 11.1 Å². The van der Waals surface area contributed by atoms with Crippen LogP contribution >= 0.6 is 0 Å². The highest BCUT2D eigenvalue weighted by atomic mass is 32.2. The molecule has 2 heterocycles. The number of carbonyl (C=O) groups excluding carboxylic acids is 1. The quantitative estimate of drug-likeness (QED) is 0.575. The van der Waals surface area contributed by atoms with Gasteiger partial charge in [0.05, 0.1) is 19.2 Å². The third-order valence-corrected chi connectivity index (χ3v) is 7.79. The van der Waals surface area contributed by atoms with E-state index in [4.69, 9.17) is 4.74 Å². The number of hydrogen-bond donors (Lipinski definition) is 1. The molecule has 1 N–H and O–H groups in total. The maximum absolute atomic E-state index is 15.5. The van der Waals surface area contributed by atoms with Crippen molar-refractivity contribution in [1.82, 2.24) is 13.9 Å². The molecule has 2 aromatic carbocycles. The highest BCUT2D eigenvalue weighted by molar-refractivity contribution is 7.87. The number of nitrogens with zero attached hydrogens (tertiary/aromatic N) is 2. The number of likely N-dealkylation sites (tertiary alicyclic amines) is 1. The number of benzene rings is 2. The Balaban J connectivity index is 1.73. The normalized spacial score (nSPS) is 24.0. The maximum Gasteiger partial charge on any atom is 0.283 e. The van der Waals surface area contributed by atoms with Crippen LogP contribution in [0.2, 0.25) is 0 Å². The first-order valence-electron chi connectivity index (χ1n) is 10.9. The van der Waals surface area contributed by atoms with Gasteiger partial charge < -0.3 is 9.64 Å². The highest BCUT2D eigenvalue weighted by Gasteiger charge is 2.58. The largest absolute Gasteiger partial charge is 0.368 e. The second kappa shape index (κ2) is 9.49. The van der Waals surface area contributed by atoms with Gasteiger partial charge in [-0.3, -0.25) is 4.79 Å². The summed E-state index contributed by atoms with van der Waals surface area (Å²) in [6.07, 6.45) is -0.949. The Hall–Kier alpha value is -2.54. The SMILES string of the molecule is CN(C)S(=O)(=O)N[C@@H]1[C@H](Cc2cccc(-c3cccc(F)c3)c2F)N(C(=O)[C@H]2CCO2)CC1(F)F. The van der Waals surface area contributed by atoms with Gasteiger partial charge in [-0.15, -0.1) is 0 Å². The molecule has 0 radical (unpaired) electrons. The van der Waals surface area contributed by atoms with Gasteiger partial charge in [0, 0.05) is 26.1 Å². The van der Waals surface area contributed by atoms with Crippen molar-refractivity contribution >= 4 is 16.1 Å². The molecule has 2 fully saturated rings. The van der Waals surface area contributed by atoms with Crippen LogP contribution in [0.1, 0.15) is 12.0 Å². The van der Waals surface area contributed by atoms with E-state index < -0.39 is 64.8 Å². The zero-order chi connectivity index (χ0) is 25.5. The average Bonchev–Trinajstić information content (AvgIpc) is 2.98. The summed E-state index contributed by atoms with van der Waals surface area (Å²) < 4.78 is 92.2. The fourth-order valence-electron chi connectivity index (χ4n) is 4.26. The lowest BCUT2D eigenvalue weighted by Gasteiger charge is -2.34. The molecule has 0 saturated carbocycles. The predicted octanol–water partition coefficient (Wildman–Crippen LogP) is 2.57. The van der Waals surface area contributed by atoms with Crippen molar-refractivity contribution < 1.29 is 35.5 Å². The van der Waals surface area contributed by atoms with Gasteiger partial charge in [-0.2, -0.15) is 17.4 Å². The van der Waals surface area contributed by atoms with Crippen LogP contribution in [-0.4, -0.2) is 74.9 Å². The van der Waals surface area contributed by atoms with Crippen LogP contribution in [0.15, 0.2) is 42.5 Å². The molecule has 2 aliphatic rings. The molecule has 7 nitrogen and oxygen atoms in total. The monoisotopic (exact) mass is 515 g/mol. The molecular formula is C23H25F4N3O4S. The minimum absolute atomic E-state index is 0.0177. The third kappa shape index (κ3) is 5.06. The Labute approximate surface area is 200 Å². The molecule has 2 aromatic rings. The Morgan fingerprint density at radius 1 is 1.20 bits per heavy atom. The van der Waals surface area contributed by atoms with Crippen molar-refractivity contribution in [2.75, 3.05) is 27.2 Å².